The Labute approximate surface area is 68.2 Å². The van der Waals surface area contributed by atoms with Gasteiger partial charge in [0.15, 0.2) is 0 Å². The second kappa shape index (κ2) is 9.68. The summed E-state index contributed by atoms with van der Waals surface area (Å²) in [4.78, 5) is 0. The predicted molar refractivity (Wildman–Crippen MR) is 29.1 cm³/mol. The van der Waals surface area contributed by atoms with E-state index in [1.807, 2.05) is 0 Å². The van der Waals surface area contributed by atoms with Crippen molar-refractivity contribution in [3.8, 4) is 0 Å². The fourth-order valence-electron chi connectivity index (χ4n) is 0. The minimum Gasteiger partial charge on any atom is -1.00 e. The normalized spacial score (nSPS) is 6.00. The molecule has 0 rings (SSSR count). The van der Waals surface area contributed by atoms with Crippen molar-refractivity contribution in [2.24, 2.45) is 0 Å². The number of hydrogen-bond acceptors (Lipinski definition) is 0. The molecule has 0 saturated carbocycles. The Morgan fingerprint density at radius 3 is 1.00 bits per heavy atom. The van der Waals surface area contributed by atoms with Crippen molar-refractivity contribution in [1.82, 2.24) is 0 Å². The van der Waals surface area contributed by atoms with Crippen LogP contribution >= 0.6 is 0 Å². The average Bonchev–Trinajstić information content (AvgIpc) is 0.811. The summed E-state index contributed by atoms with van der Waals surface area (Å²) in [6, 6.07) is 0. The molecule has 0 aromatic rings. The molecule has 0 N–H and O–H groups in total. The van der Waals surface area contributed by atoms with Gasteiger partial charge in [0.1, 0.15) is 0 Å². The van der Waals surface area contributed by atoms with E-state index in [0.29, 0.717) is 0 Å². The number of hydrogen-bond donors (Lipinski definition) is 0. The topological polar surface area (TPSA) is 0 Å². The van der Waals surface area contributed by atoms with Gasteiger partial charge in [0.2, 0.25) is 0 Å². The molecule has 0 bridgehead atoms. The van der Waals surface area contributed by atoms with E-state index in [9.17, 15) is 0 Å². The second-order valence-electron chi connectivity index (χ2n) is 1.50. The minimum atomic E-state index is 0. The first kappa shape index (κ1) is 15.7. The van der Waals surface area contributed by atoms with E-state index in [-0.39, 0.29) is 48.8 Å². The van der Waals surface area contributed by atoms with Crippen molar-refractivity contribution in [1.29, 1.82) is 0 Å². The third-order valence-corrected chi connectivity index (χ3v) is 0. The average molecular weight is 177 g/mol. The van der Waals surface area contributed by atoms with Crippen molar-refractivity contribution in [2.75, 3.05) is 0 Å². The molecule has 34 valence electrons. The van der Waals surface area contributed by atoms with Crippen molar-refractivity contribution in [2.45, 2.75) is 19.6 Å². The van der Waals surface area contributed by atoms with Crippen LogP contribution in [0.4, 0.5) is 0 Å². The molecule has 3 heteroatoms. The van der Waals surface area contributed by atoms with Gasteiger partial charge in [0, 0.05) is 0 Å². The molecule has 0 atom stereocenters. The Morgan fingerprint density at radius 2 is 1.00 bits per heavy atom. The first-order chi connectivity index (χ1) is 1.73. The van der Waals surface area contributed by atoms with E-state index in [2.05, 4.69) is 19.6 Å². The molecule has 6 heavy (non-hydrogen) atoms. The Morgan fingerprint density at radius 1 is 1.00 bits per heavy atom. The van der Waals surface area contributed by atoms with Gasteiger partial charge in [-0.2, -0.15) is 19.6 Å². The summed E-state index contributed by atoms with van der Waals surface area (Å²) in [5.41, 5.74) is 0. The molecular weight excluding hydrogens is 168 g/mol. The van der Waals surface area contributed by atoms with Gasteiger partial charge in [-0.15, -0.1) is 0 Å². The van der Waals surface area contributed by atoms with Crippen molar-refractivity contribution < 1.29 is 17.0 Å². The van der Waals surface area contributed by atoms with Crippen LogP contribution in [0, 0.1) is 0 Å². The predicted octanol–water partition coefficient (Wildman–Crippen LogP) is -2.01. The van der Waals surface area contributed by atoms with E-state index >= 15 is 0 Å². The van der Waals surface area contributed by atoms with Crippen LogP contribution in [-0.4, -0.2) is 31.8 Å². The van der Waals surface area contributed by atoms with Crippen LogP contribution in [0.15, 0.2) is 0 Å². The molecule has 0 fully saturated rings. The van der Waals surface area contributed by atoms with Gasteiger partial charge in [-0.05, 0) is 0 Å². The molecule has 0 radical (unpaired) electrons. The Bertz CT molecular complexity index is 15.5. The zero-order valence-corrected chi connectivity index (χ0v) is 8.59. The van der Waals surface area contributed by atoms with Crippen LogP contribution in [0.5, 0.6) is 0 Å². The molecule has 0 aliphatic heterocycles. The maximum atomic E-state index is 2.27. The summed E-state index contributed by atoms with van der Waals surface area (Å²) in [7, 11) is 0.120. The monoisotopic (exact) mass is 176 g/mol. The molecule has 0 amide bonds. The van der Waals surface area contributed by atoms with Gasteiger partial charge >= 0.3 is 23.1 Å². The molecule has 0 aliphatic rings. The zero-order chi connectivity index (χ0) is 3.58. The van der Waals surface area contributed by atoms with Gasteiger partial charge in [-0.1, -0.05) is 0 Å². The van der Waals surface area contributed by atoms with E-state index < -0.39 is 0 Å². The van der Waals surface area contributed by atoms with Crippen LogP contribution < -0.4 is 17.0 Å². The fourth-order valence-corrected chi connectivity index (χ4v) is 0. The van der Waals surface area contributed by atoms with Crippen LogP contribution in [0.2, 0.25) is 19.6 Å². The molecule has 0 aliphatic carbocycles. The van der Waals surface area contributed by atoms with E-state index in [4.69, 9.17) is 0 Å². The SMILES string of the molecule is C[Si-](C)C.[Br-].[Mg+2]. The summed E-state index contributed by atoms with van der Waals surface area (Å²) in [6.45, 7) is 6.81. The Balaban J connectivity index is -0.0000000450. The van der Waals surface area contributed by atoms with Crippen molar-refractivity contribution >= 4 is 31.8 Å². The van der Waals surface area contributed by atoms with Gasteiger partial charge in [-0.25, -0.2) is 0 Å². The molecule has 0 aromatic carbocycles. The van der Waals surface area contributed by atoms with Gasteiger partial charge < -0.3 is 17.0 Å². The first-order valence-corrected chi connectivity index (χ1v) is 4.50. The van der Waals surface area contributed by atoms with E-state index in [1.54, 1.807) is 0 Å². The molecule has 0 unspecified atom stereocenters. The summed E-state index contributed by atoms with van der Waals surface area (Å²) >= 11 is 0. The van der Waals surface area contributed by atoms with Crippen LogP contribution in [0.3, 0.4) is 0 Å². The Hall–Kier alpha value is 1.46. The first-order valence-electron chi connectivity index (χ1n) is 1.50. The van der Waals surface area contributed by atoms with Gasteiger partial charge in [0.05, 0.1) is 0 Å². The quantitative estimate of drug-likeness (QED) is 0.375. The standard InChI is InChI=1S/C3H9Si.BrH.Mg/c1-4(2)3;;/h1-3H3;1H;/q-1;;+2/p-1. The van der Waals surface area contributed by atoms with Crippen molar-refractivity contribution in [3.63, 3.8) is 0 Å². The number of rotatable bonds is 0. The van der Waals surface area contributed by atoms with Gasteiger partial charge in [-0.3, -0.25) is 8.80 Å². The number of halogens is 1. The van der Waals surface area contributed by atoms with E-state index in [0.717, 1.165) is 0 Å². The molecule has 0 aromatic heterocycles. The largest absolute Gasteiger partial charge is 2.00 e. The summed E-state index contributed by atoms with van der Waals surface area (Å²) in [5, 5.41) is 0. The van der Waals surface area contributed by atoms with Crippen LogP contribution in [-0.2, 0) is 0 Å². The van der Waals surface area contributed by atoms with Gasteiger partial charge in [0.25, 0.3) is 0 Å². The molecule has 0 nitrogen and oxygen atoms in total. The molecule has 0 heterocycles. The van der Waals surface area contributed by atoms with Crippen molar-refractivity contribution in [3.05, 3.63) is 0 Å². The second-order valence-corrected chi connectivity index (χ2v) is 4.50. The minimum absolute atomic E-state index is 0. The van der Waals surface area contributed by atoms with Crippen LogP contribution in [0.25, 0.3) is 0 Å². The van der Waals surface area contributed by atoms with Crippen LogP contribution in [0.1, 0.15) is 0 Å². The maximum Gasteiger partial charge on any atom is 2.00 e. The molecular formula is C3H9BrMgSi. The third-order valence-electron chi connectivity index (χ3n) is 0. The summed E-state index contributed by atoms with van der Waals surface area (Å²) < 4.78 is 0. The summed E-state index contributed by atoms with van der Waals surface area (Å²) in [6.07, 6.45) is 0. The zero-order valence-electron chi connectivity index (χ0n) is 4.59. The maximum absolute atomic E-state index is 2.27. The summed E-state index contributed by atoms with van der Waals surface area (Å²) in [5.74, 6) is 0. The smallest absolute Gasteiger partial charge is 1.00 e. The van der Waals surface area contributed by atoms with E-state index in [1.165, 1.54) is 0 Å². The fraction of sp³-hybridized carbons (Fsp3) is 1.00. The Kier molecular flexibility index (Phi) is 25.3. The molecule has 0 saturated heterocycles. The third kappa shape index (κ3) is 50.8. The molecule has 0 spiro atoms.